The van der Waals surface area contributed by atoms with E-state index >= 15 is 0 Å². The molecule has 0 spiro atoms. The minimum Gasteiger partial charge on any atom is -0.318 e. The van der Waals surface area contributed by atoms with Crippen LogP contribution in [0.2, 0.25) is 0 Å². The maximum absolute atomic E-state index is 12.8. The van der Waals surface area contributed by atoms with Crippen LogP contribution in [0.3, 0.4) is 0 Å². The summed E-state index contributed by atoms with van der Waals surface area (Å²) in [5, 5.41) is 17.8. The number of fused-ring (bicyclic) bond motifs is 1. The van der Waals surface area contributed by atoms with Crippen molar-refractivity contribution in [3.63, 3.8) is 0 Å². The molecule has 1 aromatic carbocycles. The van der Waals surface area contributed by atoms with E-state index in [1.165, 1.54) is 22.3 Å². The molecule has 0 unspecified atom stereocenters. The molecule has 1 amide bonds. The average molecular weight is 446 g/mol. The first kappa shape index (κ1) is 19.7. The number of carbonyl (C=O) groups is 1. The van der Waals surface area contributed by atoms with Crippen molar-refractivity contribution >= 4 is 51.1 Å². The first-order valence-corrected chi connectivity index (χ1v) is 11.4. The predicted octanol–water partition coefficient (Wildman–Crippen LogP) is 5.13. The number of thioether (sulfide) groups is 1. The summed E-state index contributed by atoms with van der Waals surface area (Å²) in [4.78, 5) is 18.0. The standard InChI is InChI=1S/C23H19N5OS2/c1-13-6-8-17(9-7-13)27-14(2)11-16(15(27)3)12-18-20(24)28-23(25-21(18)29)31-22(26-28)19-5-4-10-30-19/h4-12,24H,1-3H3/b18-12+,24-20?. The number of rotatable bonds is 3. The van der Waals surface area contributed by atoms with Gasteiger partial charge < -0.3 is 4.57 Å². The largest absolute Gasteiger partial charge is 0.318 e. The Labute approximate surface area is 188 Å². The van der Waals surface area contributed by atoms with Gasteiger partial charge in [-0.2, -0.15) is 15.1 Å². The topological polar surface area (TPSA) is 73.8 Å². The summed E-state index contributed by atoms with van der Waals surface area (Å²) in [6.07, 6.45) is 1.75. The zero-order valence-corrected chi connectivity index (χ0v) is 18.8. The van der Waals surface area contributed by atoms with E-state index in [4.69, 9.17) is 5.41 Å². The van der Waals surface area contributed by atoms with Crippen LogP contribution >= 0.6 is 23.1 Å². The van der Waals surface area contributed by atoms with Crippen molar-refractivity contribution in [2.45, 2.75) is 20.8 Å². The van der Waals surface area contributed by atoms with Crippen LogP contribution in [0.25, 0.3) is 11.8 Å². The Kier molecular flexibility index (Phi) is 4.75. The molecule has 2 aliphatic heterocycles. The number of benzene rings is 1. The van der Waals surface area contributed by atoms with Gasteiger partial charge in [0, 0.05) is 17.1 Å². The lowest BCUT2D eigenvalue weighted by Gasteiger charge is -2.20. The van der Waals surface area contributed by atoms with E-state index in [0.29, 0.717) is 5.17 Å². The molecule has 3 aromatic rings. The third kappa shape index (κ3) is 3.37. The lowest BCUT2D eigenvalue weighted by molar-refractivity contribution is -0.114. The zero-order chi connectivity index (χ0) is 21.7. The normalized spacial score (nSPS) is 17.3. The molecule has 0 fully saturated rings. The lowest BCUT2D eigenvalue weighted by Crippen LogP contribution is -2.35. The van der Waals surface area contributed by atoms with Crippen molar-refractivity contribution in [1.29, 1.82) is 5.41 Å². The summed E-state index contributed by atoms with van der Waals surface area (Å²) in [5.41, 5.74) is 5.46. The number of nitrogens with one attached hydrogen (secondary N) is 1. The van der Waals surface area contributed by atoms with Crippen molar-refractivity contribution in [3.05, 3.63) is 80.8 Å². The summed E-state index contributed by atoms with van der Waals surface area (Å²) in [7, 11) is 0. The molecule has 0 bridgehead atoms. The highest BCUT2D eigenvalue weighted by Gasteiger charge is 2.36. The molecule has 1 N–H and O–H groups in total. The molecule has 0 atom stereocenters. The molecule has 0 radical (unpaired) electrons. The molecule has 8 heteroatoms. The van der Waals surface area contributed by atoms with Gasteiger partial charge in [-0.25, -0.2) is 0 Å². The zero-order valence-electron chi connectivity index (χ0n) is 17.2. The molecule has 154 valence electrons. The van der Waals surface area contributed by atoms with E-state index in [9.17, 15) is 4.79 Å². The molecular formula is C23H19N5OS2. The molecule has 2 aromatic heterocycles. The van der Waals surface area contributed by atoms with Gasteiger partial charge in [0.2, 0.25) is 5.17 Å². The number of hydrazone groups is 1. The second-order valence-electron chi connectivity index (χ2n) is 7.40. The summed E-state index contributed by atoms with van der Waals surface area (Å²) in [5.74, 6) is -0.360. The Hall–Kier alpha value is -3.23. The smallest absolute Gasteiger partial charge is 0.283 e. The summed E-state index contributed by atoms with van der Waals surface area (Å²) >= 11 is 2.89. The third-order valence-electron chi connectivity index (χ3n) is 5.25. The Bertz CT molecular complexity index is 1310. The van der Waals surface area contributed by atoms with Gasteiger partial charge in [0.05, 0.1) is 10.5 Å². The van der Waals surface area contributed by atoms with Gasteiger partial charge in [0.1, 0.15) is 5.04 Å². The summed E-state index contributed by atoms with van der Waals surface area (Å²) in [6.45, 7) is 6.12. The maximum atomic E-state index is 12.8. The van der Waals surface area contributed by atoms with E-state index in [-0.39, 0.29) is 11.4 Å². The molecular weight excluding hydrogens is 426 g/mol. The van der Waals surface area contributed by atoms with Crippen LogP contribution in [0.4, 0.5) is 0 Å². The molecule has 0 saturated carbocycles. The first-order valence-electron chi connectivity index (χ1n) is 9.72. The number of hydrogen-bond donors (Lipinski definition) is 1. The van der Waals surface area contributed by atoms with E-state index in [1.807, 2.05) is 37.4 Å². The summed E-state index contributed by atoms with van der Waals surface area (Å²) < 4.78 is 2.15. The van der Waals surface area contributed by atoms with Crippen LogP contribution in [0.15, 0.2) is 63.5 Å². The Morgan fingerprint density at radius 3 is 2.58 bits per heavy atom. The minimum atomic E-state index is -0.411. The maximum Gasteiger partial charge on any atom is 0.283 e. The molecule has 31 heavy (non-hydrogen) atoms. The SMILES string of the molecule is Cc1ccc(-n2c(C)cc(/C=C3\C(=N)N4N=C(c5cccs5)SC4=NC3=O)c2C)cc1. The van der Waals surface area contributed by atoms with Crippen LogP contribution in [0.1, 0.15) is 27.4 Å². The number of aryl methyl sites for hydroxylation is 2. The first-order chi connectivity index (χ1) is 14.9. The molecule has 6 nitrogen and oxygen atoms in total. The monoisotopic (exact) mass is 445 g/mol. The van der Waals surface area contributed by atoms with Gasteiger partial charge in [-0.3, -0.25) is 10.2 Å². The Balaban J connectivity index is 1.52. The van der Waals surface area contributed by atoms with Crippen LogP contribution in [-0.2, 0) is 4.79 Å². The lowest BCUT2D eigenvalue weighted by atomic mass is 10.1. The molecule has 0 aliphatic carbocycles. The number of amides is 1. The highest BCUT2D eigenvalue weighted by molar-refractivity contribution is 8.27. The Morgan fingerprint density at radius 2 is 1.87 bits per heavy atom. The van der Waals surface area contributed by atoms with Crippen LogP contribution in [0.5, 0.6) is 0 Å². The fourth-order valence-corrected chi connectivity index (χ4v) is 5.36. The second kappa shape index (κ2) is 7.47. The molecule has 2 aliphatic rings. The van der Waals surface area contributed by atoms with Crippen molar-refractivity contribution in [2.75, 3.05) is 0 Å². The van der Waals surface area contributed by atoms with E-state index in [0.717, 1.165) is 32.6 Å². The predicted molar refractivity (Wildman–Crippen MR) is 128 cm³/mol. The highest BCUT2D eigenvalue weighted by atomic mass is 32.2. The van der Waals surface area contributed by atoms with Gasteiger partial charge >= 0.3 is 0 Å². The van der Waals surface area contributed by atoms with Crippen molar-refractivity contribution in [1.82, 2.24) is 9.58 Å². The van der Waals surface area contributed by atoms with E-state index < -0.39 is 5.91 Å². The fraction of sp³-hybridized carbons (Fsp3) is 0.130. The minimum absolute atomic E-state index is 0.0502. The number of thiophene rings is 1. The van der Waals surface area contributed by atoms with Crippen molar-refractivity contribution < 1.29 is 4.79 Å². The van der Waals surface area contributed by atoms with Gasteiger partial charge in [0.15, 0.2) is 5.84 Å². The van der Waals surface area contributed by atoms with Crippen LogP contribution < -0.4 is 0 Å². The molecule has 5 rings (SSSR count). The quantitative estimate of drug-likeness (QED) is 0.568. The highest BCUT2D eigenvalue weighted by Crippen LogP contribution is 2.33. The van der Waals surface area contributed by atoms with E-state index in [2.05, 4.69) is 45.9 Å². The van der Waals surface area contributed by atoms with E-state index in [1.54, 1.807) is 17.4 Å². The Morgan fingerprint density at radius 1 is 1.10 bits per heavy atom. The summed E-state index contributed by atoms with van der Waals surface area (Å²) in [6, 6.07) is 14.3. The van der Waals surface area contributed by atoms with Crippen molar-refractivity contribution in [2.24, 2.45) is 10.1 Å². The number of nitrogens with zero attached hydrogens (tertiary/aromatic N) is 4. The van der Waals surface area contributed by atoms with Gasteiger partial charge in [-0.15, -0.1) is 11.3 Å². The van der Waals surface area contributed by atoms with Crippen molar-refractivity contribution in [3.8, 4) is 5.69 Å². The van der Waals surface area contributed by atoms with Crippen LogP contribution in [-0.4, -0.2) is 31.5 Å². The van der Waals surface area contributed by atoms with Gasteiger partial charge in [0.25, 0.3) is 5.91 Å². The number of aliphatic imine (C=N–C) groups is 1. The second-order valence-corrected chi connectivity index (χ2v) is 9.30. The molecule has 0 saturated heterocycles. The average Bonchev–Trinajstić information content (AvgIpc) is 3.46. The number of amidine groups is 2. The van der Waals surface area contributed by atoms with Gasteiger partial charge in [-0.1, -0.05) is 23.8 Å². The number of carbonyl (C=O) groups excluding carboxylic acids is 1. The molecule has 4 heterocycles. The van der Waals surface area contributed by atoms with Gasteiger partial charge in [-0.05, 0) is 73.8 Å². The fourth-order valence-electron chi connectivity index (χ4n) is 3.67. The third-order valence-corrected chi connectivity index (χ3v) is 7.20. The van der Waals surface area contributed by atoms with Crippen LogP contribution in [0, 0.1) is 26.2 Å². The number of hydrogen-bond acceptors (Lipinski definition) is 5. The number of aromatic nitrogens is 1.